The zero-order valence-corrected chi connectivity index (χ0v) is 35.4. The van der Waals surface area contributed by atoms with Crippen molar-refractivity contribution in [2.75, 3.05) is 23.7 Å². The van der Waals surface area contributed by atoms with Gasteiger partial charge in [0.1, 0.15) is 16.1 Å². The van der Waals surface area contributed by atoms with Gasteiger partial charge in [0.25, 0.3) is 12.9 Å². The fraction of sp³-hybridized carbons (Fsp3) is 0.244. The molecular formula is C41H40F4N14O2S2. The SMILES string of the molecule is Cc1nc(NC(=O)NCCc2cn(CC(F)F)cn2)sc1C#Cc1cccnc1.Cc1nc(NC(=O)n2ccnc2)sc1C#Cc1cccnc1.NCCc1cn(CC(F)F)cn1. The molecular weight excluding hydrogens is 861 g/mol. The monoisotopic (exact) mass is 900 g/mol. The Morgan fingerprint density at radius 2 is 1.27 bits per heavy atom. The standard InChI is InChI=1S/C19H18F2N6OS.C15H11N5OS.C7H11F2N3/c1-13-16(5-4-14-3-2-7-22-9-14)29-19(25-13)26-18(28)23-8-6-15-10-27(12-24-15)11-17(20)21;1-11-13(5-4-12-3-2-6-16-9-12)22-14(18-11)19-15(21)20-8-7-17-10-20;8-7(9)4-12-3-6(1-2-10)11-5-12/h2-3,7,9-10,12,17H,6,8,11H2,1H3,(H2,23,25,26,28);2-3,6-10H,1H3,(H,18,19,21);3,5,7H,1-2,4,10H2. The lowest BCUT2D eigenvalue weighted by atomic mass is 10.3. The van der Waals surface area contributed by atoms with E-state index in [9.17, 15) is 27.2 Å². The molecule has 0 spiro atoms. The average Bonchev–Trinajstić information content (AvgIpc) is 4.12. The normalized spacial score (nSPS) is 10.4. The van der Waals surface area contributed by atoms with Crippen LogP contribution in [0.1, 0.15) is 43.7 Å². The van der Waals surface area contributed by atoms with E-state index in [2.05, 4.69) is 74.5 Å². The summed E-state index contributed by atoms with van der Waals surface area (Å²) >= 11 is 2.62. The van der Waals surface area contributed by atoms with Crippen molar-refractivity contribution in [3.05, 3.63) is 136 Å². The van der Waals surface area contributed by atoms with E-state index >= 15 is 0 Å². The van der Waals surface area contributed by atoms with Crippen molar-refractivity contribution in [3.8, 4) is 23.7 Å². The number of aromatic nitrogens is 10. The Hall–Kier alpha value is -7.27. The number of nitrogens with one attached hydrogen (secondary N) is 3. The van der Waals surface area contributed by atoms with Gasteiger partial charge in [-0.2, -0.15) is 0 Å². The fourth-order valence-electron chi connectivity index (χ4n) is 4.98. The second-order valence-corrected chi connectivity index (χ2v) is 14.8. The molecule has 0 unspecified atom stereocenters. The van der Waals surface area contributed by atoms with Crippen LogP contribution in [0.25, 0.3) is 0 Å². The van der Waals surface area contributed by atoms with E-state index in [0.717, 1.165) is 38.0 Å². The number of hydrogen-bond acceptors (Lipinski definition) is 12. The van der Waals surface area contributed by atoms with Crippen molar-refractivity contribution < 1.29 is 27.2 Å². The van der Waals surface area contributed by atoms with Gasteiger partial charge in [-0.3, -0.25) is 25.2 Å². The van der Waals surface area contributed by atoms with Gasteiger partial charge in [0.2, 0.25) is 0 Å². The Morgan fingerprint density at radius 1 is 0.730 bits per heavy atom. The van der Waals surface area contributed by atoms with Gasteiger partial charge in [-0.1, -0.05) is 34.5 Å². The summed E-state index contributed by atoms with van der Waals surface area (Å²) in [5, 5.41) is 9.03. The van der Waals surface area contributed by atoms with E-state index < -0.39 is 25.4 Å². The topological polar surface area (TPSA) is 201 Å². The third kappa shape index (κ3) is 16.3. The van der Waals surface area contributed by atoms with E-state index in [0.29, 0.717) is 41.9 Å². The molecule has 7 heterocycles. The molecule has 0 atom stereocenters. The van der Waals surface area contributed by atoms with Gasteiger partial charge in [-0.25, -0.2) is 52.1 Å². The van der Waals surface area contributed by atoms with Crippen LogP contribution < -0.4 is 21.7 Å². The second-order valence-electron chi connectivity index (χ2n) is 12.8. The number of hydrogen-bond donors (Lipinski definition) is 4. The first-order chi connectivity index (χ1) is 30.4. The molecule has 7 aromatic heterocycles. The molecule has 0 saturated heterocycles. The van der Waals surface area contributed by atoms with Gasteiger partial charge in [0.15, 0.2) is 10.3 Å². The molecule has 0 aliphatic rings. The van der Waals surface area contributed by atoms with E-state index in [4.69, 9.17) is 5.73 Å². The van der Waals surface area contributed by atoms with Crippen LogP contribution in [0.15, 0.2) is 92.8 Å². The number of nitrogens with zero attached hydrogens (tertiary/aromatic N) is 10. The van der Waals surface area contributed by atoms with E-state index in [1.807, 2.05) is 38.1 Å². The van der Waals surface area contributed by atoms with Crippen molar-refractivity contribution >= 4 is 45.0 Å². The molecule has 0 aliphatic carbocycles. The lowest BCUT2D eigenvalue weighted by Gasteiger charge is -2.04. The summed E-state index contributed by atoms with van der Waals surface area (Å²) in [4.78, 5) is 53.9. The minimum absolute atomic E-state index is 0.294. The van der Waals surface area contributed by atoms with E-state index in [1.165, 1.54) is 61.6 Å². The third-order valence-corrected chi connectivity index (χ3v) is 9.85. The van der Waals surface area contributed by atoms with Crippen molar-refractivity contribution in [3.63, 3.8) is 0 Å². The number of anilines is 2. The van der Waals surface area contributed by atoms with Gasteiger partial charge in [-0.05, 0) is 56.5 Å². The number of carbonyl (C=O) groups is 2. The molecule has 0 bridgehead atoms. The average molecular weight is 901 g/mol. The Bertz CT molecular complexity index is 2630. The fourth-order valence-corrected chi connectivity index (χ4v) is 6.61. The summed E-state index contributed by atoms with van der Waals surface area (Å²) in [6.07, 6.45) is 13.5. The largest absolute Gasteiger partial charge is 0.337 e. The third-order valence-electron chi connectivity index (χ3n) is 7.87. The molecule has 0 saturated carbocycles. The van der Waals surface area contributed by atoms with Crippen molar-refractivity contribution in [1.82, 2.24) is 53.9 Å². The molecule has 22 heteroatoms. The molecule has 3 amide bonds. The molecule has 16 nitrogen and oxygen atoms in total. The Kier molecular flexibility index (Phi) is 18.0. The zero-order valence-electron chi connectivity index (χ0n) is 33.8. The molecule has 326 valence electrons. The number of urea groups is 1. The molecule has 5 N–H and O–H groups in total. The summed E-state index contributed by atoms with van der Waals surface area (Å²) in [7, 11) is 0. The number of halogens is 4. The minimum atomic E-state index is -2.43. The Labute approximate surface area is 367 Å². The number of nitrogens with two attached hydrogens (primary N) is 1. The maximum absolute atomic E-state index is 12.3. The highest BCUT2D eigenvalue weighted by Crippen LogP contribution is 2.23. The number of pyridine rings is 2. The highest BCUT2D eigenvalue weighted by molar-refractivity contribution is 7.16. The molecule has 0 radical (unpaired) electrons. The summed E-state index contributed by atoms with van der Waals surface area (Å²) in [6, 6.07) is 6.68. The number of imidazole rings is 3. The lowest BCUT2D eigenvalue weighted by Crippen LogP contribution is -2.30. The molecule has 0 aromatic carbocycles. The summed E-state index contributed by atoms with van der Waals surface area (Å²) in [5.41, 5.74) is 9.80. The van der Waals surface area contributed by atoms with Crippen LogP contribution in [0, 0.1) is 37.5 Å². The van der Waals surface area contributed by atoms with Crippen molar-refractivity contribution in [1.29, 1.82) is 0 Å². The first kappa shape index (κ1) is 46.8. The molecule has 0 aliphatic heterocycles. The van der Waals surface area contributed by atoms with Crippen LogP contribution in [0.4, 0.5) is 37.4 Å². The van der Waals surface area contributed by atoms with Crippen molar-refractivity contribution in [2.45, 2.75) is 52.6 Å². The molecule has 63 heavy (non-hydrogen) atoms. The lowest BCUT2D eigenvalue weighted by molar-refractivity contribution is 0.126. The first-order valence-electron chi connectivity index (χ1n) is 18.8. The predicted octanol–water partition coefficient (Wildman–Crippen LogP) is 6.24. The van der Waals surface area contributed by atoms with Gasteiger partial charge >= 0.3 is 12.1 Å². The quantitative estimate of drug-likeness (QED) is 0.0851. The van der Waals surface area contributed by atoms with Crippen LogP contribution in [0.5, 0.6) is 0 Å². The van der Waals surface area contributed by atoms with Crippen LogP contribution in [0.3, 0.4) is 0 Å². The van der Waals surface area contributed by atoms with Crippen molar-refractivity contribution in [2.24, 2.45) is 5.73 Å². The van der Waals surface area contributed by atoms with Gasteiger partial charge < -0.3 is 20.2 Å². The second kappa shape index (κ2) is 24.2. The highest BCUT2D eigenvalue weighted by atomic mass is 32.1. The number of carbonyl (C=O) groups excluding carboxylic acids is 2. The van der Waals surface area contributed by atoms with Crippen LogP contribution in [-0.2, 0) is 25.9 Å². The minimum Gasteiger partial charge on any atom is -0.337 e. The molecule has 7 aromatic rings. The van der Waals surface area contributed by atoms with E-state index in [-0.39, 0.29) is 12.6 Å². The van der Waals surface area contributed by atoms with Gasteiger partial charge in [-0.15, -0.1) is 0 Å². The maximum atomic E-state index is 12.3. The highest BCUT2D eigenvalue weighted by Gasteiger charge is 2.12. The van der Waals surface area contributed by atoms with E-state index in [1.54, 1.807) is 43.4 Å². The van der Waals surface area contributed by atoms with Gasteiger partial charge in [0.05, 0.1) is 48.5 Å². The summed E-state index contributed by atoms with van der Waals surface area (Å²) in [6.45, 7) is 3.80. The zero-order chi connectivity index (χ0) is 45.0. The van der Waals surface area contributed by atoms with Crippen LogP contribution >= 0.6 is 22.7 Å². The van der Waals surface area contributed by atoms with Crippen LogP contribution in [0.2, 0.25) is 0 Å². The summed E-state index contributed by atoms with van der Waals surface area (Å²) in [5.74, 6) is 12.1. The Balaban J connectivity index is 0.000000193. The Morgan fingerprint density at radius 3 is 1.75 bits per heavy atom. The predicted molar refractivity (Wildman–Crippen MR) is 231 cm³/mol. The number of alkyl halides is 4. The first-order valence-corrected chi connectivity index (χ1v) is 20.5. The number of amides is 3. The molecule has 0 fully saturated rings. The maximum Gasteiger partial charge on any atom is 0.333 e. The number of aryl methyl sites for hydroxylation is 2. The van der Waals surface area contributed by atoms with Crippen LogP contribution in [-0.4, -0.2) is 86.6 Å². The molecule has 7 rings (SSSR count). The smallest absolute Gasteiger partial charge is 0.333 e. The van der Waals surface area contributed by atoms with Gasteiger partial charge in [0, 0.05) is 80.1 Å². The summed E-state index contributed by atoms with van der Waals surface area (Å²) < 4.78 is 52.4. The number of rotatable bonds is 11. The number of thiazole rings is 2.